The minimum atomic E-state index is -0.125. The monoisotopic (exact) mass is 681 g/mol. The van der Waals surface area contributed by atoms with Gasteiger partial charge in [-0.15, -0.1) is 35.9 Å². The van der Waals surface area contributed by atoms with E-state index in [0.29, 0.717) is 5.71 Å². The molecule has 6 aromatic rings. The Bertz CT molecular complexity index is 1790. The van der Waals surface area contributed by atoms with Gasteiger partial charge in [-0.1, -0.05) is 30.3 Å². The zero-order valence-corrected chi connectivity index (χ0v) is 23.9. The Kier molecular flexibility index (Phi) is 7.96. The molecule has 0 aliphatic rings. The molecule has 0 bridgehead atoms. The van der Waals surface area contributed by atoms with E-state index < -0.39 is 0 Å². The van der Waals surface area contributed by atoms with Crippen LogP contribution in [-0.4, -0.2) is 15.9 Å². The van der Waals surface area contributed by atoms with Gasteiger partial charge in [0.1, 0.15) is 16.9 Å². The molecule has 0 saturated carbocycles. The van der Waals surface area contributed by atoms with E-state index in [2.05, 4.69) is 44.2 Å². The van der Waals surface area contributed by atoms with Crippen molar-refractivity contribution < 1.29 is 38.8 Å². The van der Waals surface area contributed by atoms with Gasteiger partial charge < -0.3 is 13.9 Å². The van der Waals surface area contributed by atoms with Gasteiger partial charge in [0.05, 0.1) is 5.76 Å². The number of benzene rings is 3. The van der Waals surface area contributed by atoms with E-state index in [0.717, 1.165) is 61.0 Å². The van der Waals surface area contributed by atoms with Crippen LogP contribution in [0.15, 0.2) is 93.5 Å². The SMILES string of the molecule is CC(=O)/C=C(/C)O.Cc1cc2c(oc3ccccc32)c(C)c1-c1cc2ccc(-c3[c-]cccc3)nc2o1.[Ir]. The van der Waals surface area contributed by atoms with Crippen molar-refractivity contribution >= 4 is 38.8 Å². The number of aliphatic hydroxyl groups is 1. The normalized spacial score (nSPS) is 11.3. The van der Waals surface area contributed by atoms with E-state index in [1.807, 2.05) is 48.5 Å². The number of rotatable bonds is 3. The topological polar surface area (TPSA) is 76.5 Å². The van der Waals surface area contributed by atoms with Crippen LogP contribution in [0.25, 0.3) is 55.6 Å². The van der Waals surface area contributed by atoms with Crippen LogP contribution in [0.3, 0.4) is 0 Å². The molecule has 0 atom stereocenters. The molecule has 0 unspecified atom stereocenters. The number of fused-ring (bicyclic) bond motifs is 4. The smallest absolute Gasteiger partial charge is 0.217 e. The second kappa shape index (κ2) is 11.2. The Hall–Kier alpha value is -3.99. The Morgan fingerprint density at radius 1 is 0.947 bits per heavy atom. The van der Waals surface area contributed by atoms with Crippen molar-refractivity contribution in [2.75, 3.05) is 0 Å². The minimum Gasteiger partial charge on any atom is -0.512 e. The maximum absolute atomic E-state index is 10.0. The summed E-state index contributed by atoms with van der Waals surface area (Å²) in [6, 6.07) is 27.5. The van der Waals surface area contributed by atoms with E-state index in [9.17, 15) is 4.79 Å². The molecule has 0 spiro atoms. The van der Waals surface area contributed by atoms with Gasteiger partial charge in [0.15, 0.2) is 5.78 Å². The van der Waals surface area contributed by atoms with Gasteiger partial charge in [-0.3, -0.25) is 9.78 Å². The predicted octanol–water partition coefficient (Wildman–Crippen LogP) is 8.51. The van der Waals surface area contributed by atoms with Crippen LogP contribution in [0.1, 0.15) is 25.0 Å². The first-order valence-electron chi connectivity index (χ1n) is 12.0. The number of carbonyl (C=O) groups excluding carboxylic acids is 1. The number of hydrogen-bond donors (Lipinski definition) is 1. The number of nitrogens with zero attached hydrogens (tertiary/aromatic N) is 1. The molecular weight excluding hydrogens is 655 g/mol. The summed E-state index contributed by atoms with van der Waals surface area (Å²) >= 11 is 0. The van der Waals surface area contributed by atoms with Crippen LogP contribution >= 0.6 is 0 Å². The first-order chi connectivity index (χ1) is 17.8. The maximum Gasteiger partial charge on any atom is 0.217 e. The number of carbonyl (C=O) groups is 1. The molecule has 0 fully saturated rings. The van der Waals surface area contributed by atoms with Crippen molar-refractivity contribution in [2.24, 2.45) is 0 Å². The molecule has 0 aliphatic heterocycles. The number of aliphatic hydroxyl groups excluding tert-OH is 1. The summed E-state index contributed by atoms with van der Waals surface area (Å²) in [7, 11) is 0. The largest absolute Gasteiger partial charge is 0.512 e. The fourth-order valence-corrected chi connectivity index (χ4v) is 4.60. The standard InChI is InChI=1S/C27H18NO2.C5H8O2.Ir/c1-16-14-21-20-10-6-7-11-23(20)29-26(21)17(2)25(16)24-15-19-12-13-22(28-27(19)30-24)18-8-4-3-5-9-18;1-4(6)3-5(2)7;/h3-8,10-15H,1-2H3;3,6H,1-2H3;/q-1;;/b;4-3-;. The van der Waals surface area contributed by atoms with Gasteiger partial charge in [0.25, 0.3) is 0 Å². The maximum atomic E-state index is 10.0. The van der Waals surface area contributed by atoms with Crippen LogP contribution in [-0.2, 0) is 24.9 Å². The summed E-state index contributed by atoms with van der Waals surface area (Å²) in [4.78, 5) is 14.7. The molecule has 0 amide bonds. The van der Waals surface area contributed by atoms with E-state index in [1.165, 1.54) is 19.9 Å². The first kappa shape index (κ1) is 27.1. The molecule has 38 heavy (non-hydrogen) atoms. The Morgan fingerprint density at radius 3 is 2.39 bits per heavy atom. The van der Waals surface area contributed by atoms with E-state index in [1.54, 1.807) is 0 Å². The van der Waals surface area contributed by atoms with Crippen molar-refractivity contribution in [3.63, 3.8) is 0 Å². The van der Waals surface area contributed by atoms with E-state index in [-0.39, 0.29) is 31.6 Å². The molecule has 3 heterocycles. The van der Waals surface area contributed by atoms with Crippen LogP contribution in [0.2, 0.25) is 0 Å². The summed E-state index contributed by atoms with van der Waals surface area (Å²) in [5, 5.41) is 11.6. The van der Waals surface area contributed by atoms with Crippen LogP contribution in [0.5, 0.6) is 0 Å². The molecule has 5 nitrogen and oxygen atoms in total. The number of para-hydroxylation sites is 1. The van der Waals surface area contributed by atoms with Crippen LogP contribution in [0, 0.1) is 19.9 Å². The summed E-state index contributed by atoms with van der Waals surface area (Å²) in [6.07, 6.45) is 1.17. The van der Waals surface area contributed by atoms with Crippen LogP contribution in [0.4, 0.5) is 0 Å². The van der Waals surface area contributed by atoms with Gasteiger partial charge in [0.2, 0.25) is 5.71 Å². The zero-order chi connectivity index (χ0) is 26.1. The second-order valence-corrected chi connectivity index (χ2v) is 9.04. The molecule has 0 saturated heterocycles. The number of hydrogen-bond acceptors (Lipinski definition) is 5. The first-order valence-corrected chi connectivity index (χ1v) is 12.0. The molecule has 6 rings (SSSR count). The minimum absolute atomic E-state index is 0. The molecule has 6 heteroatoms. The Labute approximate surface area is 234 Å². The third kappa shape index (κ3) is 5.33. The van der Waals surface area contributed by atoms with E-state index >= 15 is 0 Å². The molecular formula is C32H26IrNO4-. The van der Waals surface area contributed by atoms with Gasteiger partial charge in [-0.2, -0.15) is 0 Å². The molecule has 193 valence electrons. The second-order valence-electron chi connectivity index (χ2n) is 9.04. The predicted molar refractivity (Wildman–Crippen MR) is 148 cm³/mol. The van der Waals surface area contributed by atoms with Gasteiger partial charge in [-0.25, -0.2) is 0 Å². The van der Waals surface area contributed by atoms with Crippen LogP contribution < -0.4 is 0 Å². The fraction of sp³-hybridized carbons (Fsp3) is 0.125. The quantitative estimate of drug-likeness (QED) is 0.115. The number of allylic oxidation sites excluding steroid dienone is 2. The number of aromatic nitrogens is 1. The number of aryl methyl sites for hydroxylation is 2. The van der Waals surface area contributed by atoms with Gasteiger partial charge >= 0.3 is 0 Å². The number of ketones is 1. The fourth-order valence-electron chi connectivity index (χ4n) is 4.60. The van der Waals surface area contributed by atoms with Crippen molar-refractivity contribution in [2.45, 2.75) is 27.7 Å². The molecule has 0 aliphatic carbocycles. The molecule has 3 aromatic heterocycles. The number of furan rings is 2. The van der Waals surface area contributed by atoms with Crippen molar-refractivity contribution in [3.8, 4) is 22.6 Å². The molecule has 1 radical (unpaired) electrons. The van der Waals surface area contributed by atoms with Gasteiger partial charge in [-0.05, 0) is 57.2 Å². The average Bonchev–Trinajstić information content (AvgIpc) is 3.45. The van der Waals surface area contributed by atoms with Crippen molar-refractivity contribution in [1.82, 2.24) is 4.98 Å². The molecule has 3 aromatic carbocycles. The van der Waals surface area contributed by atoms with Crippen molar-refractivity contribution in [1.29, 1.82) is 0 Å². The Morgan fingerprint density at radius 2 is 1.71 bits per heavy atom. The summed E-state index contributed by atoms with van der Waals surface area (Å²) < 4.78 is 12.4. The summed E-state index contributed by atoms with van der Waals surface area (Å²) in [5.74, 6) is 0.747. The van der Waals surface area contributed by atoms with Crippen molar-refractivity contribution in [3.05, 3.63) is 102 Å². The summed E-state index contributed by atoms with van der Waals surface area (Å²) in [6.45, 7) is 7.06. The average molecular weight is 681 g/mol. The third-order valence-electron chi connectivity index (χ3n) is 6.13. The number of pyridine rings is 1. The Balaban J connectivity index is 0.000000375. The summed E-state index contributed by atoms with van der Waals surface area (Å²) in [5.41, 5.74) is 7.54. The third-order valence-corrected chi connectivity index (χ3v) is 6.13. The van der Waals surface area contributed by atoms with Gasteiger partial charge in [0, 0.05) is 53.5 Å². The van der Waals surface area contributed by atoms with E-state index in [4.69, 9.17) is 18.9 Å². The zero-order valence-electron chi connectivity index (χ0n) is 21.5. The molecule has 1 N–H and O–H groups in total.